The third kappa shape index (κ3) is 3.28. The molecule has 0 bridgehead atoms. The van der Waals surface area contributed by atoms with Gasteiger partial charge < -0.3 is 4.74 Å². The van der Waals surface area contributed by atoms with Crippen LogP contribution in [0, 0.1) is 18.6 Å². The Balaban J connectivity index is 1.79. The number of halogens is 2. The molecule has 0 aliphatic carbocycles. The summed E-state index contributed by atoms with van der Waals surface area (Å²) in [6.45, 7) is 2.10. The number of amides is 2. The van der Waals surface area contributed by atoms with Gasteiger partial charge in [0.1, 0.15) is 5.82 Å². The largest absolute Gasteiger partial charge is 0.494 e. The molecule has 7 nitrogen and oxygen atoms in total. The molecular formula is C20H19F2N5O2. The Hall–Kier alpha value is -3.49. The summed E-state index contributed by atoms with van der Waals surface area (Å²) in [5.41, 5.74) is 1.86. The third-order valence-electron chi connectivity index (χ3n) is 4.94. The van der Waals surface area contributed by atoms with Crippen molar-refractivity contribution in [2.24, 2.45) is 9.98 Å². The number of urea groups is 1. The van der Waals surface area contributed by atoms with Crippen LogP contribution in [-0.4, -0.2) is 48.5 Å². The summed E-state index contributed by atoms with van der Waals surface area (Å²) in [5.74, 6) is -0.0718. The Morgan fingerprint density at radius 1 is 1.24 bits per heavy atom. The molecule has 4 rings (SSSR count). The average molecular weight is 399 g/mol. The van der Waals surface area contributed by atoms with Crippen LogP contribution in [0.25, 0.3) is 0 Å². The highest BCUT2D eigenvalue weighted by atomic mass is 19.1. The molecule has 1 saturated heterocycles. The molecule has 0 aromatic heterocycles. The van der Waals surface area contributed by atoms with Crippen molar-refractivity contribution in [1.82, 2.24) is 15.1 Å². The fourth-order valence-electron chi connectivity index (χ4n) is 3.36. The minimum Gasteiger partial charge on any atom is -0.494 e. The molecule has 9 heteroatoms. The molecule has 1 atom stereocenters. The number of methoxy groups -OCH3 is 1. The number of aliphatic imine (C=N–C) groups is 2. The second-order valence-corrected chi connectivity index (χ2v) is 6.78. The van der Waals surface area contributed by atoms with E-state index in [1.165, 1.54) is 36.3 Å². The van der Waals surface area contributed by atoms with Crippen LogP contribution < -0.4 is 10.1 Å². The number of hydrogen-bond acceptors (Lipinski definition) is 4. The van der Waals surface area contributed by atoms with E-state index in [0.29, 0.717) is 23.8 Å². The Morgan fingerprint density at radius 3 is 2.66 bits per heavy atom. The Labute approximate surface area is 166 Å². The number of fused-ring (bicyclic) bond motifs is 1. The third-order valence-corrected chi connectivity index (χ3v) is 4.94. The average Bonchev–Trinajstić information content (AvgIpc) is 3.14. The van der Waals surface area contributed by atoms with Crippen LogP contribution in [-0.2, 0) is 0 Å². The lowest BCUT2D eigenvalue weighted by Gasteiger charge is -2.36. The maximum absolute atomic E-state index is 13.9. The molecule has 29 heavy (non-hydrogen) atoms. The normalized spacial score (nSPS) is 19.9. The van der Waals surface area contributed by atoms with Gasteiger partial charge in [0.05, 0.1) is 25.4 Å². The Morgan fingerprint density at radius 2 is 1.97 bits per heavy atom. The van der Waals surface area contributed by atoms with Gasteiger partial charge in [0.2, 0.25) is 11.9 Å². The molecule has 1 fully saturated rings. The minimum atomic E-state index is -0.492. The van der Waals surface area contributed by atoms with Crippen LogP contribution in [0.15, 0.2) is 46.4 Å². The second kappa shape index (κ2) is 7.16. The number of nitrogens with zero attached hydrogens (tertiary/aromatic N) is 4. The number of carbonyl (C=O) groups excluding carboxylic acids is 1. The van der Waals surface area contributed by atoms with Crippen LogP contribution in [0.1, 0.15) is 17.2 Å². The predicted molar refractivity (Wildman–Crippen MR) is 104 cm³/mol. The zero-order chi connectivity index (χ0) is 20.7. The molecule has 2 heterocycles. The van der Waals surface area contributed by atoms with Gasteiger partial charge in [-0.3, -0.25) is 15.1 Å². The van der Waals surface area contributed by atoms with Crippen molar-refractivity contribution >= 4 is 23.6 Å². The second-order valence-electron chi connectivity index (χ2n) is 6.78. The molecule has 2 aliphatic rings. The number of ether oxygens (including phenoxy) is 1. The van der Waals surface area contributed by atoms with Crippen LogP contribution >= 0.6 is 0 Å². The van der Waals surface area contributed by atoms with Crippen molar-refractivity contribution in [2.45, 2.75) is 13.0 Å². The highest BCUT2D eigenvalue weighted by molar-refractivity contribution is 6.16. The molecule has 2 aliphatic heterocycles. The highest BCUT2D eigenvalue weighted by Crippen LogP contribution is 2.32. The summed E-state index contributed by atoms with van der Waals surface area (Å²) in [5, 5.41) is 2.75. The summed E-state index contributed by atoms with van der Waals surface area (Å²) in [4.78, 5) is 24.6. The Kier molecular flexibility index (Phi) is 4.65. The number of rotatable bonds is 3. The summed E-state index contributed by atoms with van der Waals surface area (Å²) in [6, 6.07) is 8.27. The maximum Gasteiger partial charge on any atom is 0.330 e. The van der Waals surface area contributed by atoms with Crippen LogP contribution in [0.5, 0.6) is 5.75 Å². The van der Waals surface area contributed by atoms with Gasteiger partial charge in [0, 0.05) is 13.1 Å². The quantitative estimate of drug-likeness (QED) is 0.861. The van der Waals surface area contributed by atoms with E-state index in [1.807, 2.05) is 0 Å². The highest BCUT2D eigenvalue weighted by Gasteiger charge is 2.41. The van der Waals surface area contributed by atoms with Crippen molar-refractivity contribution in [1.29, 1.82) is 0 Å². The van der Waals surface area contributed by atoms with Gasteiger partial charge in [-0.25, -0.2) is 23.6 Å². The molecule has 150 valence electrons. The maximum atomic E-state index is 13.9. The molecule has 1 N–H and O–H groups in total. The number of benzene rings is 2. The summed E-state index contributed by atoms with van der Waals surface area (Å²) >= 11 is 0. The predicted octanol–water partition coefficient (Wildman–Crippen LogP) is 3.34. The zero-order valence-corrected chi connectivity index (χ0v) is 16.1. The lowest BCUT2D eigenvalue weighted by Crippen LogP contribution is -2.61. The molecule has 0 spiro atoms. The first-order chi connectivity index (χ1) is 13.9. The topological polar surface area (TPSA) is 69.5 Å². The van der Waals surface area contributed by atoms with E-state index in [1.54, 1.807) is 31.0 Å². The van der Waals surface area contributed by atoms with Crippen molar-refractivity contribution < 1.29 is 18.3 Å². The van der Waals surface area contributed by atoms with Crippen LogP contribution in [0.3, 0.4) is 0 Å². The van der Waals surface area contributed by atoms with E-state index in [4.69, 9.17) is 4.74 Å². The van der Waals surface area contributed by atoms with Crippen molar-refractivity contribution in [3.05, 3.63) is 59.2 Å². The first-order valence-corrected chi connectivity index (χ1v) is 8.95. The summed E-state index contributed by atoms with van der Waals surface area (Å²) in [6.07, 6.45) is 0. The van der Waals surface area contributed by atoms with Crippen LogP contribution in [0.2, 0.25) is 0 Å². The van der Waals surface area contributed by atoms with E-state index < -0.39 is 5.82 Å². The van der Waals surface area contributed by atoms with Crippen molar-refractivity contribution in [2.75, 3.05) is 20.7 Å². The molecule has 2 aromatic rings. The SMILES string of the molecule is COc1cc(N=C2NC(=O)N(C)C3=NCC(c4ccc(F)cc4)N23)c(C)cc1F. The standard InChI is InChI=1S/C20H19F2N5O2/c1-11-8-14(22)17(29-3)9-15(11)24-18-25-20(28)26(2)19-23-10-16(27(18)19)12-4-6-13(21)7-5-12/h4-9,16H,10H2,1-3H3,(H,24,25,28). The smallest absolute Gasteiger partial charge is 0.330 e. The molecule has 0 radical (unpaired) electrons. The summed E-state index contributed by atoms with van der Waals surface area (Å²) in [7, 11) is 2.98. The van der Waals surface area contributed by atoms with Gasteiger partial charge >= 0.3 is 6.03 Å². The number of hydrogen-bond donors (Lipinski definition) is 1. The van der Waals surface area contributed by atoms with Gasteiger partial charge in [-0.1, -0.05) is 12.1 Å². The van der Waals surface area contributed by atoms with Gasteiger partial charge in [-0.15, -0.1) is 0 Å². The van der Waals surface area contributed by atoms with E-state index in [-0.39, 0.29) is 29.6 Å². The Bertz CT molecular complexity index is 1040. The van der Waals surface area contributed by atoms with E-state index in [9.17, 15) is 13.6 Å². The summed E-state index contributed by atoms with van der Waals surface area (Å²) < 4.78 is 32.3. The van der Waals surface area contributed by atoms with E-state index in [0.717, 1.165) is 5.56 Å². The van der Waals surface area contributed by atoms with E-state index in [2.05, 4.69) is 15.3 Å². The van der Waals surface area contributed by atoms with Gasteiger partial charge in [0.25, 0.3) is 0 Å². The molecular weight excluding hydrogens is 380 g/mol. The van der Waals surface area contributed by atoms with Gasteiger partial charge in [-0.2, -0.15) is 0 Å². The number of aryl methyl sites for hydroxylation is 1. The fourth-order valence-corrected chi connectivity index (χ4v) is 3.36. The lowest BCUT2D eigenvalue weighted by atomic mass is 10.1. The zero-order valence-electron chi connectivity index (χ0n) is 16.1. The molecule has 1 unspecified atom stereocenters. The molecule has 2 aromatic carbocycles. The van der Waals surface area contributed by atoms with Crippen molar-refractivity contribution in [3.8, 4) is 5.75 Å². The number of nitrogens with one attached hydrogen (secondary N) is 1. The molecule has 2 amide bonds. The van der Waals surface area contributed by atoms with Crippen LogP contribution in [0.4, 0.5) is 19.3 Å². The van der Waals surface area contributed by atoms with Gasteiger partial charge in [-0.05, 0) is 36.2 Å². The minimum absolute atomic E-state index is 0.0552. The van der Waals surface area contributed by atoms with E-state index >= 15 is 0 Å². The first-order valence-electron chi connectivity index (χ1n) is 8.95. The number of guanidine groups is 2. The number of carbonyl (C=O) groups is 1. The lowest BCUT2D eigenvalue weighted by molar-refractivity contribution is 0.222. The molecule has 0 saturated carbocycles. The fraction of sp³-hybridized carbons (Fsp3) is 0.250. The monoisotopic (exact) mass is 399 g/mol. The van der Waals surface area contributed by atoms with Crippen molar-refractivity contribution in [3.63, 3.8) is 0 Å². The van der Waals surface area contributed by atoms with Gasteiger partial charge in [0.15, 0.2) is 11.6 Å². The first kappa shape index (κ1) is 18.9.